The maximum Gasteiger partial charge on any atom is 0.205 e. The van der Waals surface area contributed by atoms with Crippen molar-refractivity contribution in [3.63, 3.8) is 0 Å². The van der Waals surface area contributed by atoms with Crippen LogP contribution >= 0.6 is 0 Å². The molecule has 16 heavy (non-hydrogen) atoms. The summed E-state index contributed by atoms with van der Waals surface area (Å²) in [5.74, 6) is -1.91. The van der Waals surface area contributed by atoms with Crippen molar-refractivity contribution in [2.45, 2.75) is 25.9 Å². The summed E-state index contributed by atoms with van der Waals surface area (Å²) in [6.45, 7) is 2.36. The van der Waals surface area contributed by atoms with Crippen LogP contribution in [0.3, 0.4) is 0 Å². The van der Waals surface area contributed by atoms with Crippen molar-refractivity contribution in [3.8, 4) is 0 Å². The van der Waals surface area contributed by atoms with Crippen molar-refractivity contribution in [2.75, 3.05) is 0 Å². The maximum atomic E-state index is 11.6. The van der Waals surface area contributed by atoms with Crippen molar-refractivity contribution in [3.05, 3.63) is 23.5 Å². The molecule has 0 aromatic rings. The summed E-state index contributed by atoms with van der Waals surface area (Å²) in [6, 6.07) is 0. The molecule has 0 spiro atoms. The van der Waals surface area contributed by atoms with Gasteiger partial charge in [0.25, 0.3) is 0 Å². The van der Waals surface area contributed by atoms with Gasteiger partial charge in [0.15, 0.2) is 11.4 Å². The molecule has 0 saturated heterocycles. The third-order valence-corrected chi connectivity index (χ3v) is 2.39. The molecule has 0 amide bonds. The first kappa shape index (κ1) is 12.3. The molecule has 1 atom stereocenters. The Balaban J connectivity index is 3.25. The Morgan fingerprint density at radius 3 is 2.50 bits per heavy atom. The zero-order chi connectivity index (χ0) is 12.5. The van der Waals surface area contributed by atoms with E-state index in [1.165, 1.54) is 6.92 Å². The van der Waals surface area contributed by atoms with Gasteiger partial charge in [-0.2, -0.15) is 0 Å². The first-order valence-corrected chi connectivity index (χ1v) is 4.67. The fourth-order valence-corrected chi connectivity index (χ4v) is 1.45. The van der Waals surface area contributed by atoms with E-state index >= 15 is 0 Å². The molecule has 1 aliphatic carbocycles. The number of hydrogen-bond acceptors (Lipinski definition) is 5. The van der Waals surface area contributed by atoms with Crippen LogP contribution < -0.4 is 0 Å². The second-order valence-corrected chi connectivity index (χ2v) is 3.86. The summed E-state index contributed by atoms with van der Waals surface area (Å²) in [4.78, 5) is 34.0. The number of rotatable bonds is 2. The summed E-state index contributed by atoms with van der Waals surface area (Å²) >= 11 is 0. The minimum absolute atomic E-state index is 0.125. The third kappa shape index (κ3) is 1.94. The molecule has 0 unspecified atom stereocenters. The van der Waals surface area contributed by atoms with Crippen LogP contribution in [0.25, 0.3) is 0 Å². The lowest BCUT2D eigenvalue weighted by Gasteiger charge is -2.25. The van der Waals surface area contributed by atoms with Crippen LogP contribution in [-0.4, -0.2) is 33.2 Å². The molecule has 1 rings (SSSR count). The van der Waals surface area contributed by atoms with Crippen molar-refractivity contribution < 1.29 is 24.6 Å². The van der Waals surface area contributed by atoms with Crippen LogP contribution in [0.5, 0.6) is 0 Å². The van der Waals surface area contributed by atoms with Crippen LogP contribution in [-0.2, 0) is 14.4 Å². The quantitative estimate of drug-likeness (QED) is 0.398. The lowest BCUT2D eigenvalue weighted by atomic mass is 9.80. The second-order valence-electron chi connectivity index (χ2n) is 3.86. The summed E-state index contributed by atoms with van der Waals surface area (Å²) in [6.07, 6.45) is 1.41. The van der Waals surface area contributed by atoms with Crippen LogP contribution in [0.4, 0.5) is 0 Å². The summed E-state index contributed by atoms with van der Waals surface area (Å²) in [5, 5.41) is 18.5. The molecule has 0 radical (unpaired) electrons. The van der Waals surface area contributed by atoms with Gasteiger partial charge in [0, 0.05) is 6.42 Å². The smallest absolute Gasteiger partial charge is 0.205 e. The molecule has 0 aromatic heterocycles. The van der Waals surface area contributed by atoms with Gasteiger partial charge in [0.2, 0.25) is 5.78 Å². The molecule has 86 valence electrons. The molecule has 2 N–H and O–H groups in total. The Morgan fingerprint density at radius 2 is 2.06 bits per heavy atom. The highest BCUT2D eigenvalue weighted by Gasteiger charge is 2.43. The molecule has 1 aliphatic rings. The van der Waals surface area contributed by atoms with E-state index in [0.717, 1.165) is 13.0 Å². The number of Topliss-reactive ketones (excluding diaryl/α,β-unsaturated/α-hetero) is 2. The summed E-state index contributed by atoms with van der Waals surface area (Å²) in [5.41, 5.74) is -2.22. The van der Waals surface area contributed by atoms with Gasteiger partial charge in [-0.05, 0) is 25.5 Å². The molecule has 0 heterocycles. The van der Waals surface area contributed by atoms with Gasteiger partial charge in [-0.3, -0.25) is 14.4 Å². The van der Waals surface area contributed by atoms with Gasteiger partial charge in [-0.1, -0.05) is 0 Å². The molecule has 0 aliphatic heterocycles. The average Bonchev–Trinajstić information content (AvgIpc) is 2.15. The number of ketones is 3. The van der Waals surface area contributed by atoms with E-state index in [-0.39, 0.29) is 23.4 Å². The van der Waals surface area contributed by atoms with E-state index in [1.54, 1.807) is 0 Å². The number of carbonyl (C=O) groups is 3. The predicted molar refractivity (Wildman–Crippen MR) is 54.7 cm³/mol. The molecule has 5 nitrogen and oxygen atoms in total. The standard InChI is InChI=1S/C11H12O5/c1-6(13)3-7-4-9(14)11(2,16)10(15)8(7)5-12/h4-5,12,16H,3H2,1-2H3/b8-5-/t11-/m1/s1. The lowest BCUT2D eigenvalue weighted by Crippen LogP contribution is -2.46. The highest BCUT2D eigenvalue weighted by Crippen LogP contribution is 2.27. The number of aliphatic hydroxyl groups excluding tert-OH is 1. The van der Waals surface area contributed by atoms with E-state index in [0.29, 0.717) is 6.26 Å². The van der Waals surface area contributed by atoms with Gasteiger partial charge >= 0.3 is 0 Å². The zero-order valence-corrected chi connectivity index (χ0v) is 8.98. The Morgan fingerprint density at radius 1 is 1.50 bits per heavy atom. The fourth-order valence-electron chi connectivity index (χ4n) is 1.45. The SMILES string of the molecule is CC(=O)CC1=CC(=O)[C@@](C)(O)C(=O)/C1=C\O. The normalized spacial score (nSPS) is 28.2. The summed E-state index contributed by atoms with van der Waals surface area (Å²) in [7, 11) is 0. The topological polar surface area (TPSA) is 91.7 Å². The van der Waals surface area contributed by atoms with Crippen LogP contribution in [0, 0.1) is 0 Å². The first-order valence-electron chi connectivity index (χ1n) is 4.67. The highest BCUT2D eigenvalue weighted by molar-refractivity contribution is 6.25. The van der Waals surface area contributed by atoms with E-state index in [2.05, 4.69) is 0 Å². The minimum atomic E-state index is -2.16. The first-order chi connectivity index (χ1) is 7.30. The Bertz CT molecular complexity index is 426. The Labute approximate surface area is 92.1 Å². The molecular weight excluding hydrogens is 212 g/mol. The van der Waals surface area contributed by atoms with Crippen LogP contribution in [0.1, 0.15) is 20.3 Å². The Hall–Kier alpha value is -1.75. The van der Waals surface area contributed by atoms with E-state index in [1.807, 2.05) is 0 Å². The van der Waals surface area contributed by atoms with Crippen LogP contribution in [0.2, 0.25) is 0 Å². The van der Waals surface area contributed by atoms with Crippen LogP contribution in [0.15, 0.2) is 23.5 Å². The van der Waals surface area contributed by atoms with Crippen molar-refractivity contribution in [2.24, 2.45) is 0 Å². The molecule has 5 heteroatoms. The monoisotopic (exact) mass is 224 g/mol. The largest absolute Gasteiger partial charge is 0.515 e. The second kappa shape index (κ2) is 4.02. The molecular formula is C11H12O5. The lowest BCUT2D eigenvalue weighted by molar-refractivity contribution is -0.144. The number of aliphatic hydroxyl groups is 2. The molecule has 0 fully saturated rings. The predicted octanol–water partition coefficient (Wildman–Crippen LogP) is 0.237. The van der Waals surface area contributed by atoms with Gasteiger partial charge < -0.3 is 10.2 Å². The maximum absolute atomic E-state index is 11.6. The van der Waals surface area contributed by atoms with Crippen molar-refractivity contribution >= 4 is 17.3 Å². The fraction of sp³-hybridized carbons (Fsp3) is 0.364. The van der Waals surface area contributed by atoms with E-state index < -0.39 is 17.2 Å². The summed E-state index contributed by atoms with van der Waals surface area (Å²) < 4.78 is 0. The number of carbonyl (C=O) groups excluding carboxylic acids is 3. The number of hydrogen-bond donors (Lipinski definition) is 2. The average molecular weight is 224 g/mol. The van der Waals surface area contributed by atoms with E-state index in [4.69, 9.17) is 5.11 Å². The van der Waals surface area contributed by atoms with Gasteiger partial charge in [-0.15, -0.1) is 0 Å². The van der Waals surface area contributed by atoms with Gasteiger partial charge in [-0.25, -0.2) is 0 Å². The van der Waals surface area contributed by atoms with Gasteiger partial charge in [0.1, 0.15) is 5.78 Å². The van der Waals surface area contributed by atoms with Crippen molar-refractivity contribution in [1.29, 1.82) is 0 Å². The number of allylic oxidation sites excluding steroid dienone is 1. The molecule has 0 aromatic carbocycles. The molecule has 0 saturated carbocycles. The van der Waals surface area contributed by atoms with Crippen molar-refractivity contribution in [1.82, 2.24) is 0 Å². The Kier molecular flexibility index (Phi) is 3.09. The zero-order valence-electron chi connectivity index (χ0n) is 8.98. The van der Waals surface area contributed by atoms with E-state index in [9.17, 15) is 19.5 Å². The minimum Gasteiger partial charge on any atom is -0.515 e. The third-order valence-electron chi connectivity index (χ3n) is 2.39. The molecule has 0 bridgehead atoms. The highest BCUT2D eigenvalue weighted by atomic mass is 16.3. The van der Waals surface area contributed by atoms with Gasteiger partial charge in [0.05, 0.1) is 11.8 Å².